The van der Waals surface area contributed by atoms with Crippen LogP contribution in [0.3, 0.4) is 0 Å². The molecule has 2 N–H and O–H groups in total. The molecule has 0 aliphatic heterocycles. The Balaban J connectivity index is 2.47. The normalized spacial score (nSPS) is 12.8. The number of nitrogens with zero attached hydrogens (tertiary/aromatic N) is 3. The van der Waals surface area contributed by atoms with Gasteiger partial charge in [-0.1, -0.05) is 22.9 Å². The molecule has 1 aromatic heterocycles. The van der Waals surface area contributed by atoms with Crippen molar-refractivity contribution in [2.24, 2.45) is 12.8 Å². The van der Waals surface area contributed by atoms with Crippen molar-refractivity contribution in [2.75, 3.05) is 0 Å². The van der Waals surface area contributed by atoms with E-state index >= 15 is 0 Å². The third-order valence-corrected chi connectivity index (χ3v) is 3.49. The highest BCUT2D eigenvalue weighted by Crippen LogP contribution is 2.27. The van der Waals surface area contributed by atoms with Gasteiger partial charge >= 0.3 is 0 Å². The van der Waals surface area contributed by atoms with Crippen molar-refractivity contribution in [3.63, 3.8) is 0 Å². The van der Waals surface area contributed by atoms with Crippen LogP contribution in [0, 0.1) is 6.92 Å². The smallest absolute Gasteiger partial charge is 0.153 e. The monoisotopic (exact) mass is 314 g/mol. The minimum Gasteiger partial charge on any atom is -0.319 e. The van der Waals surface area contributed by atoms with Gasteiger partial charge in [-0.15, -0.1) is 5.10 Å². The summed E-state index contributed by atoms with van der Waals surface area (Å²) in [5.74, 6) is 0. The Morgan fingerprint density at radius 3 is 2.71 bits per heavy atom. The first-order valence-corrected chi connectivity index (χ1v) is 6.24. The number of hydrogen-bond acceptors (Lipinski definition) is 3. The second-order valence-electron chi connectivity index (χ2n) is 3.87. The predicted octanol–water partition coefficient (Wildman–Crippen LogP) is 2.59. The lowest BCUT2D eigenvalue weighted by Gasteiger charge is -2.15. The van der Waals surface area contributed by atoms with E-state index in [1.165, 1.54) is 0 Å². The van der Waals surface area contributed by atoms with Crippen LogP contribution in [0.1, 0.15) is 22.9 Å². The number of halogens is 2. The first-order valence-electron chi connectivity index (χ1n) is 5.07. The largest absolute Gasteiger partial charge is 0.319 e. The van der Waals surface area contributed by atoms with Gasteiger partial charge in [-0.2, -0.15) is 0 Å². The van der Waals surface area contributed by atoms with Crippen LogP contribution in [0.25, 0.3) is 0 Å². The highest BCUT2D eigenvalue weighted by molar-refractivity contribution is 9.10. The maximum atomic E-state index is 6.24. The van der Waals surface area contributed by atoms with Gasteiger partial charge in [0, 0.05) is 12.1 Å². The molecular weight excluding hydrogens is 304 g/mol. The highest BCUT2D eigenvalue weighted by atomic mass is 79.9. The van der Waals surface area contributed by atoms with Gasteiger partial charge < -0.3 is 5.73 Å². The van der Waals surface area contributed by atoms with Crippen molar-refractivity contribution in [2.45, 2.75) is 13.0 Å². The van der Waals surface area contributed by atoms with Crippen molar-refractivity contribution in [1.29, 1.82) is 0 Å². The third-order valence-electron chi connectivity index (χ3n) is 2.69. The van der Waals surface area contributed by atoms with E-state index in [0.29, 0.717) is 9.63 Å². The van der Waals surface area contributed by atoms with E-state index in [-0.39, 0.29) is 6.04 Å². The van der Waals surface area contributed by atoms with Crippen LogP contribution in [-0.2, 0) is 7.05 Å². The van der Waals surface area contributed by atoms with E-state index in [0.717, 1.165) is 16.8 Å². The second-order valence-corrected chi connectivity index (χ2v) is 5.06. The zero-order valence-corrected chi connectivity index (χ0v) is 11.8. The van der Waals surface area contributed by atoms with Gasteiger partial charge in [-0.3, -0.25) is 0 Å². The molecular formula is C11H12BrClN4. The fraction of sp³-hybridized carbons (Fsp3) is 0.273. The summed E-state index contributed by atoms with van der Waals surface area (Å²) in [4.78, 5) is 0. The topological polar surface area (TPSA) is 56.7 Å². The molecule has 0 fully saturated rings. The Hall–Kier alpha value is -0.910. The van der Waals surface area contributed by atoms with Gasteiger partial charge in [-0.25, -0.2) is 4.68 Å². The van der Waals surface area contributed by atoms with Gasteiger partial charge in [0.2, 0.25) is 0 Å². The van der Waals surface area contributed by atoms with Gasteiger partial charge in [0.1, 0.15) is 0 Å². The molecule has 0 amide bonds. The maximum Gasteiger partial charge on any atom is 0.153 e. The molecule has 0 saturated heterocycles. The van der Waals surface area contributed by atoms with Gasteiger partial charge in [0.15, 0.2) is 4.60 Å². The van der Waals surface area contributed by atoms with Crippen LogP contribution in [0.5, 0.6) is 0 Å². The van der Waals surface area contributed by atoms with Crippen LogP contribution in [0.4, 0.5) is 0 Å². The standard InChI is InChI=1S/C11H12BrClN4/c1-6-5-7(13)3-4-8(6)9(14)10-11(12)15-16-17(10)2/h3-5,9H,14H2,1-2H3. The zero-order chi connectivity index (χ0) is 12.6. The van der Waals surface area contributed by atoms with Gasteiger partial charge in [-0.05, 0) is 46.1 Å². The predicted molar refractivity (Wildman–Crippen MR) is 70.9 cm³/mol. The molecule has 0 saturated carbocycles. The molecule has 1 aromatic carbocycles. The summed E-state index contributed by atoms with van der Waals surface area (Å²) >= 11 is 9.28. The van der Waals surface area contributed by atoms with Crippen LogP contribution < -0.4 is 5.73 Å². The average Bonchev–Trinajstić information content (AvgIpc) is 2.58. The Morgan fingerprint density at radius 1 is 1.47 bits per heavy atom. The van der Waals surface area contributed by atoms with Crippen LogP contribution in [0.15, 0.2) is 22.8 Å². The number of rotatable bonds is 2. The molecule has 0 spiro atoms. The molecule has 90 valence electrons. The molecule has 0 aliphatic rings. The van der Waals surface area contributed by atoms with E-state index in [2.05, 4.69) is 26.2 Å². The summed E-state index contributed by atoms with van der Waals surface area (Å²) in [5.41, 5.74) is 9.15. The molecule has 2 rings (SSSR count). The Bertz CT molecular complexity index is 533. The first kappa shape index (κ1) is 12.5. The van der Waals surface area contributed by atoms with Crippen molar-refractivity contribution in [1.82, 2.24) is 15.0 Å². The molecule has 0 bridgehead atoms. The number of nitrogens with two attached hydrogens (primary N) is 1. The highest BCUT2D eigenvalue weighted by Gasteiger charge is 2.19. The summed E-state index contributed by atoms with van der Waals surface area (Å²) in [5, 5.41) is 8.57. The quantitative estimate of drug-likeness (QED) is 0.926. The lowest BCUT2D eigenvalue weighted by molar-refractivity contribution is 0.649. The summed E-state index contributed by atoms with van der Waals surface area (Å²) in [6.45, 7) is 1.98. The lowest BCUT2D eigenvalue weighted by atomic mass is 10.00. The van der Waals surface area contributed by atoms with Crippen molar-refractivity contribution in [3.8, 4) is 0 Å². The molecule has 17 heavy (non-hydrogen) atoms. The number of benzene rings is 1. The fourth-order valence-corrected chi connectivity index (χ4v) is 2.61. The summed E-state index contributed by atoms with van der Waals surface area (Å²) < 4.78 is 2.34. The fourth-order valence-electron chi connectivity index (χ4n) is 1.80. The van der Waals surface area contributed by atoms with Crippen molar-refractivity contribution >= 4 is 27.5 Å². The van der Waals surface area contributed by atoms with Crippen LogP contribution >= 0.6 is 27.5 Å². The SMILES string of the molecule is Cc1cc(Cl)ccc1C(N)c1c(Br)nnn1C. The molecule has 1 atom stereocenters. The number of aromatic nitrogens is 3. The van der Waals surface area contributed by atoms with Crippen molar-refractivity contribution in [3.05, 3.63) is 44.6 Å². The van der Waals surface area contributed by atoms with E-state index in [1.807, 2.05) is 32.2 Å². The van der Waals surface area contributed by atoms with Crippen molar-refractivity contribution < 1.29 is 0 Å². The van der Waals surface area contributed by atoms with Crippen LogP contribution in [-0.4, -0.2) is 15.0 Å². The van der Waals surface area contributed by atoms with E-state index in [4.69, 9.17) is 17.3 Å². The molecule has 2 aromatic rings. The van der Waals surface area contributed by atoms with E-state index in [1.54, 1.807) is 4.68 Å². The molecule has 6 heteroatoms. The molecule has 1 heterocycles. The molecule has 0 radical (unpaired) electrons. The molecule has 0 aliphatic carbocycles. The van der Waals surface area contributed by atoms with Crippen LogP contribution in [0.2, 0.25) is 5.02 Å². The number of hydrogen-bond donors (Lipinski definition) is 1. The van der Waals surface area contributed by atoms with E-state index in [9.17, 15) is 0 Å². The molecule has 4 nitrogen and oxygen atoms in total. The van der Waals surface area contributed by atoms with E-state index < -0.39 is 0 Å². The van der Waals surface area contributed by atoms with Gasteiger partial charge in [0.05, 0.1) is 11.7 Å². The Morgan fingerprint density at radius 2 is 2.18 bits per heavy atom. The summed E-state index contributed by atoms with van der Waals surface area (Å²) in [7, 11) is 1.82. The number of aryl methyl sites for hydroxylation is 2. The first-order chi connectivity index (χ1) is 8.00. The Labute approximate surface area is 113 Å². The lowest BCUT2D eigenvalue weighted by Crippen LogP contribution is -2.17. The minimum atomic E-state index is -0.276. The maximum absolute atomic E-state index is 6.24. The van der Waals surface area contributed by atoms with Gasteiger partial charge in [0.25, 0.3) is 0 Å². The minimum absolute atomic E-state index is 0.276. The second kappa shape index (κ2) is 4.76. The zero-order valence-electron chi connectivity index (χ0n) is 9.48. The summed E-state index contributed by atoms with van der Waals surface area (Å²) in [6.07, 6.45) is 0. The summed E-state index contributed by atoms with van der Waals surface area (Å²) in [6, 6.07) is 5.39. The Kier molecular flexibility index (Phi) is 3.51. The molecule has 1 unspecified atom stereocenters. The third kappa shape index (κ3) is 2.36. The average molecular weight is 316 g/mol.